The van der Waals surface area contributed by atoms with Crippen LogP contribution in [0.5, 0.6) is 0 Å². The van der Waals surface area contributed by atoms with Gasteiger partial charge in [-0.2, -0.15) is 0 Å². The second-order valence-electron chi connectivity index (χ2n) is 4.79. The van der Waals surface area contributed by atoms with E-state index in [0.717, 1.165) is 23.8 Å². The van der Waals surface area contributed by atoms with Crippen molar-refractivity contribution in [2.75, 3.05) is 6.61 Å². The number of carboxylic acid groups (broad SMARTS) is 1. The Bertz CT molecular complexity index is 591. The minimum absolute atomic E-state index is 0.0446. The average Bonchev–Trinajstić information content (AvgIpc) is 2.86. The van der Waals surface area contributed by atoms with Gasteiger partial charge in [-0.25, -0.2) is 4.79 Å². The van der Waals surface area contributed by atoms with E-state index in [2.05, 4.69) is 12.2 Å². The smallest absolute Gasteiger partial charge is 0.371 e. The van der Waals surface area contributed by atoms with Gasteiger partial charge in [-0.3, -0.25) is 0 Å². The highest BCUT2D eigenvalue weighted by atomic mass is 16.4. The minimum Gasteiger partial charge on any atom is -0.475 e. The second-order valence-corrected chi connectivity index (χ2v) is 4.79. The van der Waals surface area contributed by atoms with E-state index in [-0.39, 0.29) is 18.4 Å². The van der Waals surface area contributed by atoms with Crippen LogP contribution in [0.2, 0.25) is 0 Å². The monoisotopic (exact) mass is 277 g/mol. The lowest BCUT2D eigenvalue weighted by Crippen LogP contribution is -2.28. The number of aliphatic hydroxyl groups is 1. The summed E-state index contributed by atoms with van der Waals surface area (Å²) >= 11 is 0. The van der Waals surface area contributed by atoms with Gasteiger partial charge >= 0.3 is 5.97 Å². The van der Waals surface area contributed by atoms with Crippen LogP contribution in [0.15, 0.2) is 28.7 Å². The zero-order chi connectivity index (χ0) is 14.5. The number of rotatable bonds is 7. The molecule has 2 rings (SSSR count). The van der Waals surface area contributed by atoms with E-state index in [1.165, 1.54) is 6.07 Å². The molecule has 0 amide bonds. The molecular weight excluding hydrogens is 258 g/mol. The summed E-state index contributed by atoms with van der Waals surface area (Å²) in [6.07, 6.45) is 1.69. The molecule has 0 radical (unpaired) electrons. The standard InChI is InChI=1S/C15H19NO4/c1-2-12(5-6-17)16-9-10-3-4-13-11(7-10)8-14(20-13)15(18)19/h3-4,7-8,12,16-17H,2,5-6,9H2,1H3,(H,18,19). The molecule has 1 atom stereocenters. The van der Waals surface area contributed by atoms with E-state index in [9.17, 15) is 4.79 Å². The Morgan fingerprint density at radius 1 is 1.40 bits per heavy atom. The summed E-state index contributed by atoms with van der Waals surface area (Å²) in [4.78, 5) is 10.9. The fourth-order valence-electron chi connectivity index (χ4n) is 2.18. The topological polar surface area (TPSA) is 82.7 Å². The van der Waals surface area contributed by atoms with Gasteiger partial charge in [0.1, 0.15) is 5.58 Å². The van der Waals surface area contributed by atoms with Crippen LogP contribution >= 0.6 is 0 Å². The van der Waals surface area contributed by atoms with Gasteiger partial charge in [0, 0.05) is 24.6 Å². The molecule has 0 aliphatic heterocycles. The molecule has 1 heterocycles. The predicted molar refractivity (Wildman–Crippen MR) is 75.8 cm³/mol. The number of carbonyl (C=O) groups is 1. The first kappa shape index (κ1) is 14.6. The Balaban J connectivity index is 2.09. The number of benzene rings is 1. The van der Waals surface area contributed by atoms with Crippen molar-refractivity contribution < 1.29 is 19.4 Å². The number of hydrogen-bond acceptors (Lipinski definition) is 4. The third kappa shape index (κ3) is 3.37. The normalized spacial score (nSPS) is 12.7. The molecule has 0 aliphatic carbocycles. The van der Waals surface area contributed by atoms with Gasteiger partial charge < -0.3 is 19.9 Å². The van der Waals surface area contributed by atoms with Crippen LogP contribution < -0.4 is 5.32 Å². The van der Waals surface area contributed by atoms with Crippen molar-refractivity contribution in [2.45, 2.75) is 32.4 Å². The summed E-state index contributed by atoms with van der Waals surface area (Å²) in [6.45, 7) is 2.93. The molecule has 3 N–H and O–H groups in total. The molecule has 1 aromatic heterocycles. The number of aromatic carboxylic acids is 1. The molecule has 1 aromatic carbocycles. The molecule has 5 heteroatoms. The van der Waals surface area contributed by atoms with E-state index in [0.29, 0.717) is 12.1 Å². The van der Waals surface area contributed by atoms with Crippen LogP contribution in [0.25, 0.3) is 11.0 Å². The van der Waals surface area contributed by atoms with Crippen molar-refractivity contribution in [3.63, 3.8) is 0 Å². The fraction of sp³-hybridized carbons (Fsp3) is 0.400. The average molecular weight is 277 g/mol. The van der Waals surface area contributed by atoms with Gasteiger partial charge in [0.25, 0.3) is 0 Å². The van der Waals surface area contributed by atoms with Gasteiger partial charge in [-0.05, 0) is 36.6 Å². The van der Waals surface area contributed by atoms with E-state index in [1.54, 1.807) is 6.07 Å². The lowest BCUT2D eigenvalue weighted by atomic mass is 10.1. The molecule has 0 spiro atoms. The second kappa shape index (κ2) is 6.54. The van der Waals surface area contributed by atoms with Crippen molar-refractivity contribution in [3.8, 4) is 0 Å². The molecule has 0 bridgehead atoms. The number of furan rings is 1. The highest BCUT2D eigenvalue weighted by molar-refractivity contribution is 5.91. The maximum Gasteiger partial charge on any atom is 0.371 e. The molecule has 5 nitrogen and oxygen atoms in total. The van der Waals surface area contributed by atoms with E-state index < -0.39 is 5.97 Å². The summed E-state index contributed by atoms with van der Waals surface area (Å²) < 4.78 is 5.22. The Morgan fingerprint density at radius 2 is 2.20 bits per heavy atom. The Morgan fingerprint density at radius 3 is 2.85 bits per heavy atom. The van der Waals surface area contributed by atoms with E-state index >= 15 is 0 Å². The summed E-state index contributed by atoms with van der Waals surface area (Å²) in [5, 5.41) is 22.0. The molecule has 20 heavy (non-hydrogen) atoms. The number of fused-ring (bicyclic) bond motifs is 1. The summed E-state index contributed by atoms with van der Waals surface area (Å²) in [6, 6.07) is 7.44. The molecule has 0 saturated carbocycles. The first-order valence-electron chi connectivity index (χ1n) is 6.74. The zero-order valence-corrected chi connectivity index (χ0v) is 11.4. The maximum absolute atomic E-state index is 10.9. The molecular formula is C15H19NO4. The van der Waals surface area contributed by atoms with Gasteiger partial charge in [-0.15, -0.1) is 0 Å². The lowest BCUT2D eigenvalue weighted by molar-refractivity contribution is 0.0665. The molecule has 0 aliphatic rings. The highest BCUT2D eigenvalue weighted by Gasteiger charge is 2.11. The van der Waals surface area contributed by atoms with Crippen molar-refractivity contribution in [1.82, 2.24) is 5.32 Å². The fourth-order valence-corrected chi connectivity index (χ4v) is 2.18. The molecule has 0 fully saturated rings. The predicted octanol–water partition coefficient (Wildman–Crippen LogP) is 2.38. The molecule has 1 unspecified atom stereocenters. The summed E-state index contributed by atoms with van der Waals surface area (Å²) in [5.74, 6) is -1.10. The third-order valence-corrected chi connectivity index (χ3v) is 3.36. The van der Waals surface area contributed by atoms with Crippen LogP contribution in [0.3, 0.4) is 0 Å². The van der Waals surface area contributed by atoms with Crippen molar-refractivity contribution in [3.05, 3.63) is 35.6 Å². The maximum atomic E-state index is 10.9. The third-order valence-electron chi connectivity index (χ3n) is 3.36. The Kier molecular flexibility index (Phi) is 4.76. The van der Waals surface area contributed by atoms with Crippen molar-refractivity contribution >= 4 is 16.9 Å². The van der Waals surface area contributed by atoms with Crippen LogP contribution in [-0.2, 0) is 6.54 Å². The number of carboxylic acids is 1. The Hall–Kier alpha value is -1.85. The van der Waals surface area contributed by atoms with E-state index in [1.807, 2.05) is 12.1 Å². The molecule has 0 saturated heterocycles. The molecule has 108 valence electrons. The van der Waals surface area contributed by atoms with Crippen LogP contribution in [0.4, 0.5) is 0 Å². The van der Waals surface area contributed by atoms with Gasteiger partial charge in [0.05, 0.1) is 0 Å². The van der Waals surface area contributed by atoms with Crippen LogP contribution in [0, 0.1) is 0 Å². The van der Waals surface area contributed by atoms with Gasteiger partial charge in [-0.1, -0.05) is 13.0 Å². The largest absolute Gasteiger partial charge is 0.475 e. The van der Waals surface area contributed by atoms with Crippen molar-refractivity contribution in [1.29, 1.82) is 0 Å². The highest BCUT2D eigenvalue weighted by Crippen LogP contribution is 2.21. The van der Waals surface area contributed by atoms with Gasteiger partial charge in [0.2, 0.25) is 5.76 Å². The summed E-state index contributed by atoms with van der Waals surface area (Å²) in [7, 11) is 0. The molecule has 2 aromatic rings. The zero-order valence-electron chi connectivity index (χ0n) is 11.4. The van der Waals surface area contributed by atoms with Crippen LogP contribution in [-0.4, -0.2) is 28.8 Å². The first-order valence-corrected chi connectivity index (χ1v) is 6.74. The Labute approximate surface area is 117 Å². The summed E-state index contributed by atoms with van der Waals surface area (Å²) in [5.41, 5.74) is 1.64. The van der Waals surface area contributed by atoms with Crippen molar-refractivity contribution in [2.24, 2.45) is 0 Å². The SMILES string of the molecule is CCC(CCO)NCc1ccc2oc(C(=O)O)cc2c1. The van der Waals surface area contributed by atoms with Crippen LogP contribution in [0.1, 0.15) is 35.9 Å². The number of aliphatic hydroxyl groups excluding tert-OH is 1. The minimum atomic E-state index is -1.06. The number of nitrogens with one attached hydrogen (secondary N) is 1. The quantitative estimate of drug-likeness (QED) is 0.723. The number of hydrogen-bond donors (Lipinski definition) is 3. The van der Waals surface area contributed by atoms with E-state index in [4.69, 9.17) is 14.6 Å². The first-order chi connectivity index (χ1) is 9.63. The lowest BCUT2D eigenvalue weighted by Gasteiger charge is -2.15. The van der Waals surface area contributed by atoms with Gasteiger partial charge in [0.15, 0.2) is 0 Å².